The molecule has 1 aromatic rings. The van der Waals surface area contributed by atoms with Crippen molar-refractivity contribution >= 4 is 17.6 Å². The van der Waals surface area contributed by atoms with E-state index in [-0.39, 0.29) is 10.7 Å². The van der Waals surface area contributed by atoms with Crippen LogP contribution in [0.2, 0.25) is 5.15 Å². The highest BCUT2D eigenvalue weighted by Gasteiger charge is 2.16. The quantitative estimate of drug-likeness (QED) is 0.553. The second-order valence-electron chi connectivity index (χ2n) is 2.45. The molecule has 1 aromatic heterocycles. The Kier molecular flexibility index (Phi) is 2.72. The molecular formula is C8H8ClNO3. The number of carbonyl (C=O) groups is 1. The van der Waals surface area contributed by atoms with E-state index < -0.39 is 11.8 Å². The SMILES string of the molecule is COC(=O)c1c(C)cc(Cl)nc1O. The van der Waals surface area contributed by atoms with E-state index in [9.17, 15) is 9.90 Å². The minimum atomic E-state index is -0.626. The zero-order valence-electron chi connectivity index (χ0n) is 7.17. The molecule has 0 unspecified atom stereocenters. The fraction of sp³-hybridized carbons (Fsp3) is 0.250. The van der Waals surface area contributed by atoms with Gasteiger partial charge in [-0.3, -0.25) is 0 Å². The van der Waals surface area contributed by atoms with Gasteiger partial charge in [0, 0.05) is 0 Å². The molecule has 0 saturated carbocycles. The summed E-state index contributed by atoms with van der Waals surface area (Å²) in [6.45, 7) is 1.64. The molecule has 13 heavy (non-hydrogen) atoms. The number of halogens is 1. The lowest BCUT2D eigenvalue weighted by Gasteiger charge is -2.05. The highest BCUT2D eigenvalue weighted by atomic mass is 35.5. The van der Waals surface area contributed by atoms with Gasteiger partial charge in [0.15, 0.2) is 0 Å². The minimum absolute atomic E-state index is 0.0481. The van der Waals surface area contributed by atoms with Crippen molar-refractivity contribution in [1.82, 2.24) is 4.98 Å². The number of methoxy groups -OCH3 is 1. The number of carbonyl (C=O) groups excluding carboxylic acids is 1. The third kappa shape index (κ3) is 1.89. The molecule has 0 bridgehead atoms. The van der Waals surface area contributed by atoms with Crippen LogP contribution < -0.4 is 0 Å². The summed E-state index contributed by atoms with van der Waals surface area (Å²) in [4.78, 5) is 14.6. The fourth-order valence-electron chi connectivity index (χ4n) is 0.971. The van der Waals surface area contributed by atoms with Crippen LogP contribution >= 0.6 is 11.6 Å². The lowest BCUT2D eigenvalue weighted by atomic mass is 10.1. The van der Waals surface area contributed by atoms with Crippen LogP contribution in [-0.2, 0) is 4.74 Å². The molecule has 5 heteroatoms. The molecule has 0 radical (unpaired) electrons. The van der Waals surface area contributed by atoms with Gasteiger partial charge >= 0.3 is 5.97 Å². The van der Waals surface area contributed by atoms with Gasteiger partial charge in [-0.25, -0.2) is 9.78 Å². The van der Waals surface area contributed by atoms with Gasteiger partial charge < -0.3 is 9.84 Å². The first-order chi connectivity index (χ1) is 6.06. The maximum Gasteiger partial charge on any atom is 0.343 e. The summed E-state index contributed by atoms with van der Waals surface area (Å²) in [6.07, 6.45) is 0. The number of esters is 1. The zero-order valence-corrected chi connectivity index (χ0v) is 7.92. The number of aromatic hydroxyl groups is 1. The van der Waals surface area contributed by atoms with E-state index in [1.54, 1.807) is 6.92 Å². The van der Waals surface area contributed by atoms with Gasteiger partial charge in [-0.1, -0.05) is 11.6 Å². The molecule has 0 spiro atoms. The van der Waals surface area contributed by atoms with Crippen molar-refractivity contribution in [2.45, 2.75) is 6.92 Å². The van der Waals surface area contributed by atoms with Gasteiger partial charge in [0.25, 0.3) is 0 Å². The molecule has 0 fully saturated rings. The molecule has 0 aliphatic carbocycles. The smallest absolute Gasteiger partial charge is 0.343 e. The molecule has 0 aromatic carbocycles. The van der Waals surface area contributed by atoms with Crippen LogP contribution in [0.1, 0.15) is 15.9 Å². The molecule has 70 valence electrons. The molecule has 1 heterocycles. The van der Waals surface area contributed by atoms with Crippen LogP contribution in [0.5, 0.6) is 5.88 Å². The van der Waals surface area contributed by atoms with Crippen molar-refractivity contribution in [1.29, 1.82) is 0 Å². The average molecular weight is 202 g/mol. The molecule has 4 nitrogen and oxygen atoms in total. The summed E-state index contributed by atoms with van der Waals surface area (Å²) in [5.41, 5.74) is 0.580. The Morgan fingerprint density at radius 3 is 2.77 bits per heavy atom. The highest BCUT2D eigenvalue weighted by Crippen LogP contribution is 2.22. The topological polar surface area (TPSA) is 59.4 Å². The number of rotatable bonds is 1. The zero-order chi connectivity index (χ0) is 10.0. The van der Waals surface area contributed by atoms with Crippen molar-refractivity contribution in [2.24, 2.45) is 0 Å². The third-order valence-corrected chi connectivity index (χ3v) is 1.75. The van der Waals surface area contributed by atoms with E-state index in [2.05, 4.69) is 9.72 Å². The molecule has 0 atom stereocenters. The number of hydrogen-bond acceptors (Lipinski definition) is 4. The van der Waals surface area contributed by atoms with Crippen molar-refractivity contribution < 1.29 is 14.6 Å². The first-order valence-corrected chi connectivity index (χ1v) is 3.88. The summed E-state index contributed by atoms with van der Waals surface area (Å²) < 4.78 is 4.46. The third-order valence-electron chi connectivity index (χ3n) is 1.56. The van der Waals surface area contributed by atoms with E-state index in [0.717, 1.165) is 0 Å². The van der Waals surface area contributed by atoms with Gasteiger partial charge in [0.2, 0.25) is 5.88 Å². The Balaban J connectivity index is 3.28. The number of aromatic nitrogens is 1. The highest BCUT2D eigenvalue weighted by molar-refractivity contribution is 6.29. The number of hydrogen-bond donors (Lipinski definition) is 1. The largest absolute Gasteiger partial charge is 0.493 e. The van der Waals surface area contributed by atoms with E-state index in [0.29, 0.717) is 5.56 Å². The summed E-state index contributed by atoms with van der Waals surface area (Å²) in [5.74, 6) is -1.03. The van der Waals surface area contributed by atoms with Gasteiger partial charge in [-0.15, -0.1) is 0 Å². The average Bonchev–Trinajstić information content (AvgIpc) is 2.02. The summed E-state index contributed by atoms with van der Waals surface area (Å²) in [5, 5.41) is 9.42. The molecule has 1 N–H and O–H groups in total. The van der Waals surface area contributed by atoms with Crippen LogP contribution in [0.15, 0.2) is 6.07 Å². The van der Waals surface area contributed by atoms with Gasteiger partial charge in [-0.05, 0) is 18.6 Å². The maximum absolute atomic E-state index is 11.1. The Morgan fingerprint density at radius 1 is 1.69 bits per heavy atom. The standard InChI is InChI=1S/C8H8ClNO3/c1-4-3-5(9)10-7(11)6(4)8(12)13-2/h3H,1-2H3,(H,10,11). The molecule has 0 amide bonds. The van der Waals surface area contributed by atoms with Crippen LogP contribution in [-0.4, -0.2) is 23.2 Å². The molecule has 0 aliphatic rings. The minimum Gasteiger partial charge on any atom is -0.493 e. The fourth-order valence-corrected chi connectivity index (χ4v) is 1.21. The van der Waals surface area contributed by atoms with Crippen LogP contribution in [0.4, 0.5) is 0 Å². The summed E-state index contributed by atoms with van der Waals surface area (Å²) in [7, 11) is 1.23. The monoisotopic (exact) mass is 201 g/mol. The Bertz CT molecular complexity index is 328. The second kappa shape index (κ2) is 3.62. The van der Waals surface area contributed by atoms with Gasteiger partial charge in [-0.2, -0.15) is 0 Å². The van der Waals surface area contributed by atoms with Crippen LogP contribution in [0.3, 0.4) is 0 Å². The van der Waals surface area contributed by atoms with Crippen molar-refractivity contribution in [3.63, 3.8) is 0 Å². The number of aryl methyl sites for hydroxylation is 1. The van der Waals surface area contributed by atoms with E-state index >= 15 is 0 Å². The second-order valence-corrected chi connectivity index (χ2v) is 2.84. The number of pyridine rings is 1. The normalized spacial score (nSPS) is 9.77. The first kappa shape index (κ1) is 9.80. The summed E-state index contributed by atoms with van der Waals surface area (Å²) >= 11 is 5.55. The van der Waals surface area contributed by atoms with Gasteiger partial charge in [0.1, 0.15) is 10.7 Å². The van der Waals surface area contributed by atoms with E-state index in [4.69, 9.17) is 11.6 Å². The van der Waals surface area contributed by atoms with Crippen LogP contribution in [0, 0.1) is 6.92 Å². The van der Waals surface area contributed by atoms with Crippen molar-refractivity contribution in [2.75, 3.05) is 7.11 Å². The number of nitrogens with zero attached hydrogens (tertiary/aromatic N) is 1. The maximum atomic E-state index is 11.1. The Morgan fingerprint density at radius 2 is 2.31 bits per heavy atom. The Labute approximate surface area is 80.1 Å². The predicted molar refractivity (Wildman–Crippen MR) is 47.0 cm³/mol. The predicted octanol–water partition coefficient (Wildman–Crippen LogP) is 1.54. The first-order valence-electron chi connectivity index (χ1n) is 3.50. The molecule has 0 saturated heterocycles. The number of ether oxygens (including phenoxy) is 1. The van der Waals surface area contributed by atoms with Crippen molar-refractivity contribution in [3.8, 4) is 5.88 Å². The van der Waals surface area contributed by atoms with Crippen LogP contribution in [0.25, 0.3) is 0 Å². The molecule has 1 rings (SSSR count). The van der Waals surface area contributed by atoms with Gasteiger partial charge in [0.05, 0.1) is 7.11 Å². The van der Waals surface area contributed by atoms with Crippen molar-refractivity contribution in [3.05, 3.63) is 22.3 Å². The molecular weight excluding hydrogens is 194 g/mol. The van der Waals surface area contributed by atoms with E-state index in [1.807, 2.05) is 0 Å². The van der Waals surface area contributed by atoms with E-state index in [1.165, 1.54) is 13.2 Å². The lowest BCUT2D eigenvalue weighted by Crippen LogP contribution is -2.05. The lowest BCUT2D eigenvalue weighted by molar-refractivity contribution is 0.0595. The Hall–Kier alpha value is -1.29. The summed E-state index contributed by atoms with van der Waals surface area (Å²) in [6, 6.07) is 1.48. The molecule has 0 aliphatic heterocycles.